The van der Waals surface area contributed by atoms with Crippen molar-refractivity contribution in [2.24, 2.45) is 0 Å². The predicted molar refractivity (Wildman–Crippen MR) is 70.2 cm³/mol. The Morgan fingerprint density at radius 1 is 0.929 bits per heavy atom. The van der Waals surface area contributed by atoms with Crippen molar-refractivity contribution >= 4 is 7.92 Å². The lowest BCUT2D eigenvalue weighted by molar-refractivity contribution is 0.702. The molecule has 0 nitrogen and oxygen atoms in total. The molecule has 0 spiro atoms. The zero-order valence-electron chi connectivity index (χ0n) is 11.0. The van der Waals surface area contributed by atoms with Crippen LogP contribution in [-0.4, -0.2) is 16.5 Å². The second-order valence-corrected chi connectivity index (χ2v) is 9.84. The van der Waals surface area contributed by atoms with Gasteiger partial charge in [0.2, 0.25) is 0 Å². The van der Waals surface area contributed by atoms with Gasteiger partial charge >= 0.3 is 0 Å². The van der Waals surface area contributed by atoms with Crippen molar-refractivity contribution in [1.82, 2.24) is 0 Å². The number of hydrogen-bond donors (Lipinski definition) is 0. The molecule has 0 aliphatic carbocycles. The van der Waals surface area contributed by atoms with Crippen LogP contribution >= 0.6 is 7.92 Å². The molecule has 0 saturated heterocycles. The van der Waals surface area contributed by atoms with E-state index < -0.39 is 0 Å². The molecule has 0 aromatic heterocycles. The van der Waals surface area contributed by atoms with E-state index in [1.165, 1.54) is 12.6 Å². The highest BCUT2D eigenvalue weighted by Crippen LogP contribution is 2.59. The highest BCUT2D eigenvalue weighted by molar-refractivity contribution is 7.60. The molecule has 0 bridgehead atoms. The van der Waals surface area contributed by atoms with Crippen molar-refractivity contribution in [3.8, 4) is 0 Å². The molecule has 0 fully saturated rings. The fourth-order valence-corrected chi connectivity index (χ4v) is 5.81. The van der Waals surface area contributed by atoms with E-state index in [1.54, 1.807) is 0 Å². The van der Waals surface area contributed by atoms with Crippen molar-refractivity contribution in [2.45, 2.75) is 65.2 Å². The molecule has 0 N–H and O–H groups in total. The van der Waals surface area contributed by atoms with E-state index >= 15 is 0 Å². The van der Waals surface area contributed by atoms with Crippen LogP contribution in [-0.2, 0) is 0 Å². The molecular weight excluding hydrogens is 187 g/mol. The van der Waals surface area contributed by atoms with Gasteiger partial charge in [0.1, 0.15) is 0 Å². The summed E-state index contributed by atoms with van der Waals surface area (Å²) in [5.41, 5.74) is 0. The van der Waals surface area contributed by atoms with Crippen LogP contribution in [0.3, 0.4) is 0 Å². The Kier molecular flexibility index (Phi) is 5.67. The van der Waals surface area contributed by atoms with Gasteiger partial charge in [-0.05, 0) is 35.7 Å². The summed E-state index contributed by atoms with van der Waals surface area (Å²) in [6.07, 6.45) is 7.08. The summed E-state index contributed by atoms with van der Waals surface area (Å²) >= 11 is 0. The summed E-state index contributed by atoms with van der Waals surface area (Å²) in [6.45, 7) is 16.4. The van der Waals surface area contributed by atoms with E-state index in [0.717, 1.165) is 0 Å². The van der Waals surface area contributed by atoms with Crippen LogP contribution in [0.4, 0.5) is 0 Å². The highest BCUT2D eigenvalue weighted by atomic mass is 31.1. The van der Waals surface area contributed by atoms with Gasteiger partial charge in [0.15, 0.2) is 0 Å². The van der Waals surface area contributed by atoms with Crippen LogP contribution in [0, 0.1) is 12.8 Å². The molecule has 0 amide bonds. The minimum absolute atomic E-state index is 0.0944. The molecule has 0 aromatic carbocycles. The third-order valence-electron chi connectivity index (χ3n) is 2.37. The largest absolute Gasteiger partial charge is 0.0956 e. The van der Waals surface area contributed by atoms with Gasteiger partial charge in [-0.15, -0.1) is 0 Å². The van der Waals surface area contributed by atoms with Crippen LogP contribution in [0.5, 0.6) is 0 Å². The number of unbranched alkanes of at least 4 members (excludes halogenated alkanes) is 2. The first kappa shape index (κ1) is 14.4. The Morgan fingerprint density at radius 2 is 1.36 bits per heavy atom. The van der Waals surface area contributed by atoms with Crippen molar-refractivity contribution in [2.75, 3.05) is 6.16 Å². The van der Waals surface area contributed by atoms with E-state index in [0.29, 0.717) is 10.3 Å². The van der Waals surface area contributed by atoms with E-state index in [1.807, 2.05) is 0 Å². The van der Waals surface area contributed by atoms with Crippen molar-refractivity contribution in [3.63, 3.8) is 0 Å². The quantitative estimate of drug-likeness (QED) is 0.462. The average Bonchev–Trinajstić information content (AvgIpc) is 1.92. The van der Waals surface area contributed by atoms with E-state index in [-0.39, 0.29) is 7.92 Å². The molecule has 2 radical (unpaired) electrons. The molecule has 0 saturated carbocycles. The highest BCUT2D eigenvalue weighted by Gasteiger charge is 2.33. The molecule has 0 rings (SSSR count). The lowest BCUT2D eigenvalue weighted by Gasteiger charge is -2.41. The monoisotopic (exact) mass is 214 g/mol. The molecule has 0 aliphatic heterocycles. The fourth-order valence-electron chi connectivity index (χ4n) is 2.05. The van der Waals surface area contributed by atoms with E-state index in [2.05, 4.69) is 61.3 Å². The zero-order chi connectivity index (χ0) is 11.4. The van der Waals surface area contributed by atoms with E-state index in [9.17, 15) is 0 Å². The molecule has 0 aromatic rings. The van der Waals surface area contributed by atoms with Gasteiger partial charge in [0.05, 0.1) is 0 Å². The van der Waals surface area contributed by atoms with Crippen LogP contribution < -0.4 is 0 Å². The second kappa shape index (κ2) is 5.50. The predicted octanol–water partition coefficient (Wildman–Crippen LogP) is 4.88. The summed E-state index contributed by atoms with van der Waals surface area (Å²) in [6, 6.07) is 0. The molecule has 1 heteroatoms. The normalized spacial score (nSPS) is 13.7. The van der Waals surface area contributed by atoms with Crippen LogP contribution in [0.2, 0.25) is 0 Å². The van der Waals surface area contributed by atoms with Crippen molar-refractivity contribution in [3.05, 3.63) is 12.8 Å². The number of rotatable bonds is 4. The Hall–Kier alpha value is 0.430. The van der Waals surface area contributed by atoms with Gasteiger partial charge in [-0.25, -0.2) is 0 Å². The summed E-state index contributed by atoms with van der Waals surface area (Å²) in [7, 11) is 0.0944. The molecular formula is C13H27P. The Morgan fingerprint density at radius 3 is 1.64 bits per heavy atom. The first-order chi connectivity index (χ1) is 6.19. The fraction of sp³-hybridized carbons (Fsp3) is 0.846. The van der Waals surface area contributed by atoms with Crippen LogP contribution in [0.25, 0.3) is 0 Å². The summed E-state index contributed by atoms with van der Waals surface area (Å²) in [4.78, 5) is 0. The Balaban J connectivity index is 4.28. The van der Waals surface area contributed by atoms with Gasteiger partial charge in [-0.2, -0.15) is 0 Å². The summed E-state index contributed by atoms with van der Waals surface area (Å²) in [5.74, 6) is 0. The van der Waals surface area contributed by atoms with Gasteiger partial charge < -0.3 is 0 Å². The topological polar surface area (TPSA) is 0 Å². The lowest BCUT2D eigenvalue weighted by Crippen LogP contribution is -2.26. The molecule has 0 atom stereocenters. The van der Waals surface area contributed by atoms with E-state index in [4.69, 9.17) is 0 Å². The minimum Gasteiger partial charge on any atom is -0.0956 e. The van der Waals surface area contributed by atoms with Gasteiger partial charge in [0, 0.05) is 0 Å². The Labute approximate surface area is 92.6 Å². The van der Waals surface area contributed by atoms with Crippen LogP contribution in [0.15, 0.2) is 0 Å². The smallest absolute Gasteiger partial charge is 0.0175 e. The summed E-state index contributed by atoms with van der Waals surface area (Å²) in [5, 5.41) is 0.963. The third-order valence-corrected chi connectivity index (χ3v) is 6.32. The van der Waals surface area contributed by atoms with Gasteiger partial charge in [-0.1, -0.05) is 56.4 Å². The first-order valence-corrected chi connectivity index (χ1v) is 7.11. The third kappa shape index (κ3) is 5.35. The van der Waals surface area contributed by atoms with Crippen molar-refractivity contribution < 1.29 is 0 Å². The maximum Gasteiger partial charge on any atom is -0.0175 e. The molecule has 0 aliphatic rings. The minimum atomic E-state index is 0.0944. The maximum atomic E-state index is 2.39. The second-order valence-electron chi connectivity index (χ2n) is 5.85. The molecule has 14 heavy (non-hydrogen) atoms. The standard InChI is InChI=1S/C13H27P/c1-8-9-10-11-14(12(2,3)4)13(5,6)7/h8-9H,10-11H2,1-7H3. The molecule has 84 valence electrons. The summed E-state index contributed by atoms with van der Waals surface area (Å²) < 4.78 is 0. The van der Waals surface area contributed by atoms with Gasteiger partial charge in [-0.3, -0.25) is 0 Å². The SMILES string of the molecule is C[CH][CH]CCP(C(C)(C)C)C(C)(C)C. The molecule has 0 unspecified atom stereocenters. The van der Waals surface area contributed by atoms with Gasteiger partial charge in [0.25, 0.3) is 0 Å². The zero-order valence-corrected chi connectivity index (χ0v) is 11.9. The number of hydrogen-bond acceptors (Lipinski definition) is 0. The lowest BCUT2D eigenvalue weighted by atomic mass is 10.2. The average molecular weight is 214 g/mol. The Bertz CT molecular complexity index is 134. The maximum absolute atomic E-state index is 2.39. The van der Waals surface area contributed by atoms with Crippen LogP contribution in [0.1, 0.15) is 54.9 Å². The van der Waals surface area contributed by atoms with Crippen molar-refractivity contribution in [1.29, 1.82) is 0 Å². The first-order valence-electron chi connectivity index (χ1n) is 5.58. The molecule has 0 heterocycles.